The van der Waals surface area contributed by atoms with Crippen LogP contribution < -0.4 is 9.80 Å². The maximum absolute atomic E-state index is 6.60. The molecule has 2 aromatic heterocycles. The van der Waals surface area contributed by atoms with Crippen molar-refractivity contribution >= 4 is 153 Å². The number of furan rings is 2. The molecule has 0 aliphatic heterocycles. The fourth-order valence-electron chi connectivity index (χ4n) is 13.8. The Morgan fingerprint density at radius 1 is 0.223 bits per heavy atom. The van der Waals surface area contributed by atoms with E-state index in [1.807, 2.05) is 12.1 Å². The van der Waals surface area contributed by atoms with Gasteiger partial charge in [-0.05, 0) is 183 Å². The molecule has 0 radical (unpaired) electrons. The van der Waals surface area contributed by atoms with Crippen LogP contribution >= 0.6 is 31.9 Å². The first-order valence-electron chi connectivity index (χ1n) is 89.6. The van der Waals surface area contributed by atoms with E-state index in [9.17, 15) is 0 Å². The molecule has 0 spiro atoms. The maximum Gasteiger partial charge on any atom is 0.137 e. The lowest BCUT2D eigenvalue weighted by Crippen LogP contribution is -2.15. The minimum Gasteiger partial charge on any atom is -0.456 e. The van der Waals surface area contributed by atoms with Crippen molar-refractivity contribution in [3.8, 4) is 44.5 Å². The van der Waals surface area contributed by atoms with Crippen molar-refractivity contribution in [2.75, 3.05) is 9.80 Å². The van der Waals surface area contributed by atoms with Gasteiger partial charge in [-0.2, -0.15) is 0 Å². The van der Waals surface area contributed by atoms with Gasteiger partial charge in [0.05, 0.1) is 33.5 Å². The number of rotatable bonds is 10. The van der Waals surface area contributed by atoms with Gasteiger partial charge in [0, 0.05) is 225 Å². The number of fused-ring (bicyclic) bond motifs is 10. The predicted molar refractivity (Wildman–Crippen MR) is 527 cm³/mol. The van der Waals surface area contributed by atoms with E-state index in [1.54, 1.807) is 0 Å². The van der Waals surface area contributed by atoms with Crippen LogP contribution in [0.3, 0.4) is 0 Å². The monoisotopic (exact) mass is 1560 g/mol. The average molecular weight is 1570 g/mol. The van der Waals surface area contributed by atoms with Crippen LogP contribution in [-0.2, 0) is 0 Å². The summed E-state index contributed by atoms with van der Waals surface area (Å²) < 4.78 is 595. The molecule has 18 aromatic rings. The number of halogens is 2. The summed E-state index contributed by atoms with van der Waals surface area (Å²) in [6.07, 6.45) is 0. The number of para-hydroxylation sites is 4. The third-order valence-electron chi connectivity index (χ3n) is 18.2. The van der Waals surface area contributed by atoms with Gasteiger partial charge in [0.1, 0.15) is 22.3 Å². The third kappa shape index (κ3) is 9.98. The molecule has 0 fully saturated rings. The van der Waals surface area contributed by atoms with Gasteiger partial charge in [0.25, 0.3) is 0 Å². The molecule has 0 saturated heterocycles. The van der Waals surface area contributed by atoms with Gasteiger partial charge in [0.2, 0.25) is 0 Å². The second kappa shape index (κ2) is 24.1. The van der Waals surface area contributed by atoms with Gasteiger partial charge in [-0.25, -0.2) is 0 Å². The molecule has 0 aliphatic rings. The molecule has 0 amide bonds. The molecular formula is C88H172Br2N2O2. The zero-order valence-electron chi connectivity index (χ0n) is 167. The number of nitrogens with zero attached hydrogens (tertiary/aromatic N) is 2. The van der Waals surface area contributed by atoms with E-state index in [2.05, 4.69) is 369 Å². The Labute approximate surface area is 739 Å². The molecule has 0 aliphatic carbocycles. The van der Waals surface area contributed by atoms with Crippen LogP contribution in [0.4, 0.5) is 34.1 Å². The Hall–Kier alpha value is -11.3. The Morgan fingerprint density at radius 2 is 0.511 bits per heavy atom. The number of benzene rings is 16. The lowest BCUT2D eigenvalue weighted by atomic mass is 9.90. The van der Waals surface area contributed by atoms with Crippen molar-refractivity contribution in [2.45, 2.75) is 0 Å². The molecule has 560 valence electrons. The van der Waals surface area contributed by atoms with Crippen molar-refractivity contribution < 1.29 is 181 Å². The Morgan fingerprint density at radius 3 is 0.862 bits per heavy atom. The van der Waals surface area contributed by atoms with Crippen molar-refractivity contribution in [3.63, 3.8) is 0 Å². The van der Waals surface area contributed by atoms with E-state index in [0.717, 1.165) is 131 Å². The molecule has 18 rings (SSSR count). The zero-order chi connectivity index (χ0) is 179. The van der Waals surface area contributed by atoms with Crippen LogP contribution in [0.5, 0.6) is 0 Å². The molecule has 2 heterocycles. The Kier molecular flexibility index (Phi) is 5.76. The quantitative estimate of drug-likeness (QED) is 0.101. The van der Waals surface area contributed by atoms with Gasteiger partial charge in [-0.3, -0.25) is 0 Å². The van der Waals surface area contributed by atoms with Crippen molar-refractivity contribution in [1.82, 2.24) is 0 Å². The predicted octanol–water partition coefficient (Wildman–Crippen LogP) is 41.2. The summed E-state index contributed by atoms with van der Waals surface area (Å²) in [6.45, 7) is 0. The fourth-order valence-corrected chi connectivity index (χ4v) is 15.2. The summed E-state index contributed by atoms with van der Waals surface area (Å²) in [6, 6.07) is 121. The van der Waals surface area contributed by atoms with Crippen LogP contribution in [0.15, 0.2) is 357 Å². The van der Waals surface area contributed by atoms with E-state index >= 15 is 0 Å². The Bertz CT molecular complexity index is 5720. The molecule has 4 nitrogen and oxygen atoms in total. The first-order chi connectivity index (χ1) is 104. The SMILES string of the molecule is Brc1c2ccc(-c3ccccc3)cc2c(Br)c2ccc(-c3ccccc3)cc12.[2H][2H].[2H][2H].[2H][2H].[2H][2H].[2H][2H].[2H][2H].[2H][2H].[2H][2H].[2H][2H].[2H][2H].[2H][2H].[2H][2H].[2H][2H].[2H][2H].[2H][2H].[2H][2H].[2H][2H].[2H][2H].[2H][2H].[2H][2H].[2H][2H].[2H][2H].[2H][2H].[2H][2H].[2H][2H].[2H][2H].[2H][2H].[2H][2H].[2H][2H].[2H][2H].[2H][2H].[2H][2H].[2H][2H].[2H][2H].[2H][2H].[2H][2H].[2H][2H].[2H][2H].[2H][2H].[2H][2H].[2H][2H].[2H][2H].[2H][2H].[2H][2H].[2H][2H].[2H][2H].[2H][2H].[2H][2H].[2H][2H].[2H][2H].[2H][2H].[2H][2H].[2H][2H].[2H][2H].[2H][2H].[2H][2H].[2H][2H].[2H][2H].c1ccc(-c2ccc3c(N(c4ccccc4)c4cccc5oc6ccccc6c45)c4cc(-c5ccccc5)ccc4c(N(c4ccccc4)c4cccc5oc6ccccc6c45)c3c2)cc1. The van der Waals surface area contributed by atoms with Crippen LogP contribution in [0.1, 0.15) is 172 Å². The molecule has 0 N–H and O–H groups in total. The summed E-state index contributed by atoms with van der Waals surface area (Å²) in [4.78, 5) is 4.93. The van der Waals surface area contributed by atoms with E-state index in [1.165, 1.54) is 43.8 Å². The number of hydrogen-bond donors (Lipinski definition) is 0. The van der Waals surface area contributed by atoms with Crippen molar-refractivity contribution in [3.05, 3.63) is 349 Å². The minimum absolute atomic E-state index is 0.840. The molecular weight excluding hydrogens is 1280 g/mol. The van der Waals surface area contributed by atoms with Gasteiger partial charge < -0.3 is 18.6 Å². The minimum atomic E-state index is 0.840. The second-order valence-corrected chi connectivity index (χ2v) is 25.3. The van der Waals surface area contributed by atoms with Crippen LogP contribution in [0.2, 0.25) is 0 Å². The van der Waals surface area contributed by atoms with Crippen LogP contribution in [0.25, 0.3) is 131 Å². The van der Waals surface area contributed by atoms with Crippen molar-refractivity contribution in [1.29, 1.82) is 0 Å². The lowest BCUT2D eigenvalue weighted by Gasteiger charge is -2.33. The summed E-state index contributed by atoms with van der Waals surface area (Å²) in [5.41, 5.74) is 19.1. The smallest absolute Gasteiger partial charge is 0.137 e. The van der Waals surface area contributed by atoms with Crippen molar-refractivity contribution in [2.24, 2.45) is 0 Å². The molecule has 6 heteroatoms. The van der Waals surface area contributed by atoms with E-state index < -0.39 is 0 Å². The standard InChI is InChI=1S/C62H40N2O2.C26H16Br2.58H2/c1-5-19-41(20-6-1)43-35-37-47-51(39-43)61(63(45-23-9-3-10-24-45)53-29-17-33-57-59(53)49-27-13-15-31-55(49)65-57)48-38-36-44(42-21-7-2-8-22-42)40-52(48)62(47)64(46-25-11-4-12-26-46)54-30-18-34-58-60(54)50-28-14-16-32-56(50)66-58;27-25-22-14-12-20(18-9-5-2-6-10-18)16-24(22)26(28)21-13-11-19(15-23(21)25)17-7-3-1-4-8-17;;;;;;;;;;;;;;;;;;;;;;;;;;;;;;;;;;;;;;;;;;;;;;;;;;;;;;;;;;/h1-40H;1-16H;58*1H/i;;58*1+1D. The molecule has 0 unspecified atom stereocenters. The summed E-state index contributed by atoms with van der Waals surface area (Å²) >= 11 is 7.77. The van der Waals surface area contributed by atoms with E-state index in [-0.39, 0.29) is 0 Å². The summed E-state index contributed by atoms with van der Waals surface area (Å²) in [5, 5.41) is 13.5. The topological polar surface area (TPSA) is 32.8 Å². The molecule has 94 heavy (non-hydrogen) atoms. The molecule has 16 aromatic carbocycles. The average Bonchev–Trinajstić information content (AvgIpc) is 1.19. The largest absolute Gasteiger partial charge is 0.456 e. The molecule has 0 atom stereocenters. The Balaban J connectivity index is -0.0000000418. The highest BCUT2D eigenvalue weighted by Crippen LogP contribution is 2.55. The number of anilines is 6. The first kappa shape index (κ1) is 22.5. The van der Waals surface area contributed by atoms with Gasteiger partial charge in [-0.15, -0.1) is 0 Å². The second-order valence-electron chi connectivity index (χ2n) is 23.7. The van der Waals surface area contributed by atoms with Crippen LogP contribution in [-0.4, -0.2) is 0 Å². The fraction of sp³-hybridized carbons (Fsp3) is 0. The van der Waals surface area contributed by atoms with E-state index in [0.29, 0.717) is 0 Å². The van der Waals surface area contributed by atoms with Crippen LogP contribution in [0, 0.1) is 0 Å². The van der Waals surface area contributed by atoms with Gasteiger partial charge in [-0.1, -0.05) is 255 Å². The first-order valence-corrected chi connectivity index (χ1v) is 33.2. The molecule has 0 bridgehead atoms. The molecule has 0 saturated carbocycles. The highest BCUT2D eigenvalue weighted by molar-refractivity contribution is 9.11. The third-order valence-corrected chi connectivity index (χ3v) is 19.9. The highest BCUT2D eigenvalue weighted by Gasteiger charge is 2.30. The zero-order valence-corrected chi connectivity index (χ0v) is 54.0. The summed E-state index contributed by atoms with van der Waals surface area (Å²) in [7, 11) is 0. The highest BCUT2D eigenvalue weighted by atomic mass is 79.9. The lowest BCUT2D eigenvalue weighted by molar-refractivity contribution is 0.668. The van der Waals surface area contributed by atoms with Gasteiger partial charge in [0.15, 0.2) is 0 Å². The maximum atomic E-state index is 6.60. The normalized spacial score (nSPS) is 16.4. The van der Waals surface area contributed by atoms with E-state index in [4.69, 9.17) is 181 Å². The summed E-state index contributed by atoms with van der Waals surface area (Å²) in [5.74, 6) is 0. The van der Waals surface area contributed by atoms with Gasteiger partial charge >= 0.3 is 0 Å². The number of hydrogen-bond acceptors (Lipinski definition) is 4.